The molecule has 3 heteroatoms. The summed E-state index contributed by atoms with van der Waals surface area (Å²) in [6, 6.07) is 3.86. The van der Waals surface area contributed by atoms with Crippen molar-refractivity contribution in [1.29, 1.82) is 0 Å². The predicted octanol–water partition coefficient (Wildman–Crippen LogP) is 2.05. The molecule has 0 fully saturated rings. The van der Waals surface area contributed by atoms with Crippen LogP contribution >= 0.6 is 0 Å². The molecule has 12 heavy (non-hydrogen) atoms. The average molecular weight is 160 g/mol. The summed E-state index contributed by atoms with van der Waals surface area (Å²) in [6.45, 7) is 1.89. The summed E-state index contributed by atoms with van der Waals surface area (Å²) in [4.78, 5) is 3.93. The lowest BCUT2D eigenvalue weighted by atomic mass is 10.1. The first-order chi connectivity index (χ1) is 5.88. The average Bonchev–Trinajstić information content (AvgIpc) is 2.53. The van der Waals surface area contributed by atoms with Crippen LogP contribution in [-0.2, 0) is 0 Å². The van der Waals surface area contributed by atoms with Crippen LogP contribution in [0.25, 0.3) is 11.1 Å². The summed E-state index contributed by atoms with van der Waals surface area (Å²) in [5.74, 6) is 0.834. The van der Waals surface area contributed by atoms with E-state index in [-0.39, 0.29) is 0 Å². The molecular weight excluding hydrogens is 152 g/mol. The van der Waals surface area contributed by atoms with Crippen LogP contribution in [0.1, 0.15) is 5.76 Å². The third-order valence-corrected chi connectivity index (χ3v) is 1.74. The molecule has 0 aliphatic heterocycles. The number of pyridine rings is 1. The highest BCUT2D eigenvalue weighted by Gasteiger charge is 2.03. The van der Waals surface area contributed by atoms with Gasteiger partial charge in [0.05, 0.1) is 6.20 Å². The first-order valence-corrected chi connectivity index (χ1v) is 3.69. The Morgan fingerprint density at radius 3 is 2.58 bits per heavy atom. The summed E-state index contributed by atoms with van der Waals surface area (Å²) in [5.41, 5.74) is 2.11. The Bertz CT molecular complexity index is 367. The van der Waals surface area contributed by atoms with E-state index in [0.717, 1.165) is 16.9 Å². The van der Waals surface area contributed by atoms with Gasteiger partial charge in [-0.3, -0.25) is 4.98 Å². The summed E-state index contributed by atoms with van der Waals surface area (Å²) < 4.78 is 4.95. The van der Waals surface area contributed by atoms with Crippen molar-refractivity contribution >= 4 is 0 Å². The van der Waals surface area contributed by atoms with Gasteiger partial charge in [-0.05, 0) is 24.6 Å². The largest absolute Gasteiger partial charge is 0.361 e. The molecule has 0 aromatic carbocycles. The van der Waals surface area contributed by atoms with Crippen LogP contribution in [0, 0.1) is 6.92 Å². The van der Waals surface area contributed by atoms with Gasteiger partial charge in [-0.1, -0.05) is 5.16 Å². The first-order valence-electron chi connectivity index (χ1n) is 3.69. The molecule has 0 saturated carbocycles. The number of rotatable bonds is 1. The minimum Gasteiger partial charge on any atom is -0.361 e. The minimum absolute atomic E-state index is 0.834. The maximum absolute atomic E-state index is 4.95. The zero-order valence-corrected chi connectivity index (χ0v) is 6.69. The normalized spacial score (nSPS) is 10.1. The summed E-state index contributed by atoms with van der Waals surface area (Å²) >= 11 is 0. The number of aromatic nitrogens is 2. The molecule has 0 amide bonds. The predicted molar refractivity (Wildman–Crippen MR) is 44.5 cm³/mol. The lowest BCUT2D eigenvalue weighted by Gasteiger charge is -1.94. The van der Waals surface area contributed by atoms with Gasteiger partial charge in [-0.2, -0.15) is 0 Å². The van der Waals surface area contributed by atoms with Crippen LogP contribution in [-0.4, -0.2) is 10.1 Å². The van der Waals surface area contributed by atoms with Crippen LogP contribution in [0.5, 0.6) is 0 Å². The minimum atomic E-state index is 0.834. The van der Waals surface area contributed by atoms with E-state index >= 15 is 0 Å². The molecule has 60 valence electrons. The Morgan fingerprint density at radius 2 is 2.00 bits per heavy atom. The molecule has 0 saturated heterocycles. The SMILES string of the molecule is Cc1oncc1-c1ccncc1. The molecule has 0 spiro atoms. The fraction of sp³-hybridized carbons (Fsp3) is 0.111. The fourth-order valence-electron chi connectivity index (χ4n) is 1.11. The van der Waals surface area contributed by atoms with E-state index in [0.29, 0.717) is 0 Å². The molecule has 0 aliphatic rings. The fourth-order valence-corrected chi connectivity index (χ4v) is 1.11. The molecule has 0 atom stereocenters. The smallest absolute Gasteiger partial charge is 0.141 e. The summed E-state index contributed by atoms with van der Waals surface area (Å²) in [6.07, 6.45) is 5.22. The van der Waals surface area contributed by atoms with E-state index in [4.69, 9.17) is 4.52 Å². The Labute approximate surface area is 70.0 Å². The molecule has 2 heterocycles. The van der Waals surface area contributed by atoms with Crippen molar-refractivity contribution in [3.63, 3.8) is 0 Å². The highest BCUT2D eigenvalue weighted by molar-refractivity contribution is 5.63. The molecule has 2 rings (SSSR count). The van der Waals surface area contributed by atoms with Crippen molar-refractivity contribution in [1.82, 2.24) is 10.1 Å². The second kappa shape index (κ2) is 2.77. The maximum atomic E-state index is 4.95. The molecule has 3 nitrogen and oxygen atoms in total. The van der Waals surface area contributed by atoms with Crippen LogP contribution in [0.2, 0.25) is 0 Å². The van der Waals surface area contributed by atoms with E-state index < -0.39 is 0 Å². The van der Waals surface area contributed by atoms with Gasteiger partial charge in [0.1, 0.15) is 5.76 Å². The van der Waals surface area contributed by atoms with Crippen molar-refractivity contribution in [2.24, 2.45) is 0 Å². The van der Waals surface area contributed by atoms with E-state index in [9.17, 15) is 0 Å². The maximum Gasteiger partial charge on any atom is 0.141 e. The summed E-state index contributed by atoms with van der Waals surface area (Å²) in [5, 5.41) is 3.70. The van der Waals surface area contributed by atoms with Gasteiger partial charge in [0.25, 0.3) is 0 Å². The van der Waals surface area contributed by atoms with Crippen molar-refractivity contribution in [3.05, 3.63) is 36.5 Å². The number of aryl methyl sites for hydroxylation is 1. The van der Waals surface area contributed by atoms with Gasteiger partial charge in [0.15, 0.2) is 0 Å². The molecular formula is C9H8N2O. The second-order valence-electron chi connectivity index (χ2n) is 2.53. The Hall–Kier alpha value is -1.64. The van der Waals surface area contributed by atoms with Gasteiger partial charge >= 0.3 is 0 Å². The zero-order valence-electron chi connectivity index (χ0n) is 6.69. The third-order valence-electron chi connectivity index (χ3n) is 1.74. The molecule has 2 aromatic heterocycles. The van der Waals surface area contributed by atoms with E-state index in [1.54, 1.807) is 18.6 Å². The van der Waals surface area contributed by atoms with Crippen molar-refractivity contribution in [2.45, 2.75) is 6.92 Å². The quantitative estimate of drug-likeness (QED) is 0.640. The van der Waals surface area contributed by atoms with Gasteiger partial charge in [0.2, 0.25) is 0 Å². The number of hydrogen-bond donors (Lipinski definition) is 0. The Balaban J connectivity index is 2.51. The van der Waals surface area contributed by atoms with Gasteiger partial charge in [0, 0.05) is 18.0 Å². The molecule has 0 radical (unpaired) electrons. The highest BCUT2D eigenvalue weighted by Crippen LogP contribution is 2.21. The van der Waals surface area contributed by atoms with Crippen molar-refractivity contribution < 1.29 is 4.52 Å². The Morgan fingerprint density at radius 1 is 1.25 bits per heavy atom. The molecule has 0 bridgehead atoms. The van der Waals surface area contributed by atoms with Crippen molar-refractivity contribution in [3.8, 4) is 11.1 Å². The monoisotopic (exact) mass is 160 g/mol. The van der Waals surface area contributed by atoms with Gasteiger partial charge in [-0.15, -0.1) is 0 Å². The third kappa shape index (κ3) is 1.09. The van der Waals surface area contributed by atoms with Crippen molar-refractivity contribution in [2.75, 3.05) is 0 Å². The van der Waals surface area contributed by atoms with Gasteiger partial charge in [-0.25, -0.2) is 0 Å². The van der Waals surface area contributed by atoms with E-state index in [1.165, 1.54) is 0 Å². The van der Waals surface area contributed by atoms with E-state index in [1.807, 2.05) is 19.1 Å². The molecule has 0 unspecified atom stereocenters. The zero-order chi connectivity index (χ0) is 8.39. The lowest BCUT2D eigenvalue weighted by Crippen LogP contribution is -1.76. The molecule has 0 N–H and O–H groups in total. The standard InChI is InChI=1S/C9H8N2O/c1-7-9(6-11-12-7)8-2-4-10-5-3-8/h2-6H,1H3. The Kier molecular flexibility index (Phi) is 1.63. The first kappa shape index (κ1) is 7.03. The van der Waals surface area contributed by atoms with Crippen LogP contribution in [0.4, 0.5) is 0 Å². The highest BCUT2D eigenvalue weighted by atomic mass is 16.5. The van der Waals surface area contributed by atoms with Gasteiger partial charge < -0.3 is 4.52 Å². The topological polar surface area (TPSA) is 38.9 Å². The van der Waals surface area contributed by atoms with Crippen LogP contribution < -0.4 is 0 Å². The number of nitrogens with zero attached hydrogens (tertiary/aromatic N) is 2. The molecule has 0 aliphatic carbocycles. The second-order valence-corrected chi connectivity index (χ2v) is 2.53. The van der Waals surface area contributed by atoms with Crippen LogP contribution in [0.15, 0.2) is 35.2 Å². The van der Waals surface area contributed by atoms with Crippen LogP contribution in [0.3, 0.4) is 0 Å². The van der Waals surface area contributed by atoms with E-state index in [2.05, 4.69) is 10.1 Å². The lowest BCUT2D eigenvalue weighted by molar-refractivity contribution is 0.398. The number of hydrogen-bond acceptors (Lipinski definition) is 3. The summed E-state index contributed by atoms with van der Waals surface area (Å²) in [7, 11) is 0. The molecule has 2 aromatic rings.